The molecule has 36 heavy (non-hydrogen) atoms. The highest BCUT2D eigenvalue weighted by Gasteiger charge is 2.27. The number of nitrogens with zero attached hydrogens (tertiary/aromatic N) is 3. The molecule has 184 valence electrons. The van der Waals surface area contributed by atoms with Crippen molar-refractivity contribution in [1.82, 2.24) is 15.2 Å². The molecule has 1 aliphatic rings. The normalized spacial score (nSPS) is 14.0. The molecule has 1 aromatic heterocycles. The second kappa shape index (κ2) is 11.1. The first-order valence-corrected chi connectivity index (χ1v) is 13.1. The molecule has 0 unspecified atom stereocenters. The van der Waals surface area contributed by atoms with Crippen LogP contribution in [-0.2, 0) is 6.61 Å². The van der Waals surface area contributed by atoms with Crippen molar-refractivity contribution in [3.8, 4) is 28.6 Å². The number of hydrogen-bond acceptors (Lipinski definition) is 8. The van der Waals surface area contributed by atoms with Gasteiger partial charge in [0, 0.05) is 16.8 Å². The van der Waals surface area contributed by atoms with Crippen LogP contribution >= 0.6 is 23.4 Å². The molecule has 7 nitrogen and oxygen atoms in total. The number of halogens is 1. The van der Waals surface area contributed by atoms with E-state index in [2.05, 4.69) is 20.5 Å². The smallest absolute Gasteiger partial charge is 0.247 e. The van der Waals surface area contributed by atoms with Crippen molar-refractivity contribution in [3.63, 3.8) is 0 Å². The van der Waals surface area contributed by atoms with Crippen LogP contribution in [0.3, 0.4) is 0 Å². The third kappa shape index (κ3) is 5.20. The molecule has 5 rings (SSSR count). The Bertz CT molecular complexity index is 1360. The van der Waals surface area contributed by atoms with Crippen LogP contribution in [0.1, 0.15) is 31.2 Å². The summed E-state index contributed by atoms with van der Waals surface area (Å²) in [6, 6.07) is 21.5. The zero-order chi connectivity index (χ0) is 24.9. The van der Waals surface area contributed by atoms with Crippen LogP contribution in [0.2, 0.25) is 5.02 Å². The summed E-state index contributed by atoms with van der Waals surface area (Å²) in [6.07, 6.45) is -0.594. The van der Waals surface area contributed by atoms with Gasteiger partial charge < -0.3 is 19.5 Å². The summed E-state index contributed by atoms with van der Waals surface area (Å²) in [7, 11) is 0. The number of ether oxygens (including phenoxy) is 3. The van der Waals surface area contributed by atoms with Gasteiger partial charge in [-0.2, -0.15) is 4.98 Å². The van der Waals surface area contributed by atoms with Gasteiger partial charge in [0.1, 0.15) is 6.61 Å². The lowest BCUT2D eigenvalue weighted by Crippen LogP contribution is -2.17. The molecular weight excluding hydrogens is 496 g/mol. The maximum atomic E-state index is 6.73. The topological polar surface area (TPSA) is 78.4 Å². The van der Waals surface area contributed by atoms with Gasteiger partial charge in [-0.15, -0.1) is 10.2 Å². The van der Waals surface area contributed by atoms with Gasteiger partial charge in [0.25, 0.3) is 0 Å². The van der Waals surface area contributed by atoms with E-state index in [1.807, 2.05) is 80.6 Å². The van der Waals surface area contributed by atoms with E-state index in [1.54, 1.807) is 0 Å². The predicted molar refractivity (Wildman–Crippen MR) is 142 cm³/mol. The Kier molecular flexibility index (Phi) is 7.44. The average molecular weight is 521 g/mol. The SMILES string of the molecule is CCOc1cc([C@H]2Nc3ccccc3-c3nnc(SCC)nc3O2)cc(Cl)c1OCc1ccccc1. The highest BCUT2D eigenvalue weighted by atomic mass is 35.5. The second-order valence-electron chi connectivity index (χ2n) is 7.91. The fourth-order valence-electron chi connectivity index (χ4n) is 3.86. The van der Waals surface area contributed by atoms with Crippen molar-refractivity contribution in [2.75, 3.05) is 17.7 Å². The molecule has 0 spiro atoms. The molecule has 0 aliphatic carbocycles. The van der Waals surface area contributed by atoms with E-state index in [-0.39, 0.29) is 0 Å². The third-order valence-corrected chi connectivity index (χ3v) is 6.47. The minimum Gasteiger partial charge on any atom is -0.490 e. The molecule has 0 bridgehead atoms. The summed E-state index contributed by atoms with van der Waals surface area (Å²) in [5, 5.41) is 13.1. The largest absolute Gasteiger partial charge is 0.490 e. The average Bonchev–Trinajstić information content (AvgIpc) is 3.06. The Morgan fingerprint density at radius 1 is 1.00 bits per heavy atom. The second-order valence-corrected chi connectivity index (χ2v) is 9.54. The number of aromatic nitrogens is 3. The summed E-state index contributed by atoms with van der Waals surface area (Å²) in [5.74, 6) is 2.27. The molecule has 0 amide bonds. The molecule has 1 N–H and O–H groups in total. The quantitative estimate of drug-likeness (QED) is 0.254. The molecule has 1 aliphatic heterocycles. The molecule has 0 saturated carbocycles. The Morgan fingerprint density at radius 3 is 2.61 bits per heavy atom. The lowest BCUT2D eigenvalue weighted by atomic mass is 10.1. The van der Waals surface area contributed by atoms with Gasteiger partial charge in [0.15, 0.2) is 23.4 Å². The van der Waals surface area contributed by atoms with E-state index in [1.165, 1.54) is 11.8 Å². The molecule has 1 atom stereocenters. The fraction of sp³-hybridized carbons (Fsp3) is 0.222. The van der Waals surface area contributed by atoms with Crippen LogP contribution in [0.4, 0.5) is 5.69 Å². The number of anilines is 1. The highest BCUT2D eigenvalue weighted by Crippen LogP contribution is 2.43. The lowest BCUT2D eigenvalue weighted by molar-refractivity contribution is 0.223. The lowest BCUT2D eigenvalue weighted by Gasteiger charge is -2.22. The Balaban J connectivity index is 1.51. The molecule has 0 saturated heterocycles. The van der Waals surface area contributed by atoms with Gasteiger partial charge in [-0.25, -0.2) is 0 Å². The Labute approximate surface area is 219 Å². The Morgan fingerprint density at radius 2 is 1.81 bits per heavy atom. The van der Waals surface area contributed by atoms with E-state index in [9.17, 15) is 0 Å². The summed E-state index contributed by atoms with van der Waals surface area (Å²) in [6.45, 7) is 4.79. The number of benzene rings is 3. The van der Waals surface area contributed by atoms with Crippen LogP contribution in [0.25, 0.3) is 11.3 Å². The highest BCUT2D eigenvalue weighted by molar-refractivity contribution is 7.99. The number of hydrogen-bond donors (Lipinski definition) is 1. The monoisotopic (exact) mass is 520 g/mol. The molecular formula is C27H25ClN4O3S. The maximum absolute atomic E-state index is 6.73. The van der Waals surface area contributed by atoms with Crippen molar-refractivity contribution in [2.45, 2.75) is 31.8 Å². The number of nitrogens with one attached hydrogen (secondary N) is 1. The summed E-state index contributed by atoms with van der Waals surface area (Å²) in [4.78, 5) is 4.64. The Hall–Kier alpha value is -3.49. The van der Waals surface area contributed by atoms with Gasteiger partial charge >= 0.3 is 0 Å². The number of thioether (sulfide) groups is 1. The predicted octanol–water partition coefficient (Wildman–Crippen LogP) is 6.78. The van der Waals surface area contributed by atoms with Crippen molar-refractivity contribution < 1.29 is 14.2 Å². The van der Waals surface area contributed by atoms with Crippen molar-refractivity contribution in [1.29, 1.82) is 0 Å². The van der Waals surface area contributed by atoms with E-state index >= 15 is 0 Å². The number of para-hydroxylation sites is 1. The van der Waals surface area contributed by atoms with Gasteiger partial charge in [0.05, 0.1) is 11.6 Å². The fourth-order valence-corrected chi connectivity index (χ4v) is 4.64. The van der Waals surface area contributed by atoms with Crippen molar-refractivity contribution in [2.24, 2.45) is 0 Å². The van der Waals surface area contributed by atoms with Crippen molar-refractivity contribution in [3.05, 3.63) is 82.9 Å². The van der Waals surface area contributed by atoms with Crippen LogP contribution in [0, 0.1) is 0 Å². The zero-order valence-corrected chi connectivity index (χ0v) is 21.5. The van der Waals surface area contributed by atoms with Crippen LogP contribution in [0.5, 0.6) is 17.4 Å². The van der Waals surface area contributed by atoms with Gasteiger partial charge in [-0.3, -0.25) is 0 Å². The van der Waals surface area contributed by atoms with Crippen LogP contribution in [-0.4, -0.2) is 27.5 Å². The van der Waals surface area contributed by atoms with Gasteiger partial charge in [-0.05, 0) is 36.4 Å². The standard InChI is InChI=1S/C27H25ClN4O3S/c1-3-33-22-15-18(14-20(28)24(22)34-16-17-10-6-5-7-11-17)25-29-21-13-9-8-12-19(21)23-26(35-25)30-27(32-31-23)36-4-2/h5-15,25,29H,3-4,16H2,1-2H3/t25-/m0/s1. The molecule has 4 aromatic rings. The van der Waals surface area contributed by atoms with E-state index in [0.29, 0.717) is 46.5 Å². The molecule has 0 radical (unpaired) electrons. The first-order chi connectivity index (χ1) is 17.7. The molecule has 3 aromatic carbocycles. The minimum absolute atomic E-state index is 0.374. The maximum Gasteiger partial charge on any atom is 0.247 e. The van der Waals surface area contributed by atoms with Gasteiger partial charge in [0.2, 0.25) is 11.0 Å². The van der Waals surface area contributed by atoms with Crippen molar-refractivity contribution >= 4 is 29.1 Å². The number of rotatable bonds is 8. The summed E-state index contributed by atoms with van der Waals surface area (Å²) < 4.78 is 18.4. The zero-order valence-electron chi connectivity index (χ0n) is 19.9. The third-order valence-electron chi connectivity index (χ3n) is 5.47. The van der Waals surface area contributed by atoms with Crippen LogP contribution < -0.4 is 19.5 Å². The van der Waals surface area contributed by atoms with Gasteiger partial charge in [-0.1, -0.05) is 78.8 Å². The summed E-state index contributed by atoms with van der Waals surface area (Å²) in [5.41, 5.74) is 4.10. The molecule has 0 fully saturated rings. The first kappa shape index (κ1) is 24.2. The van der Waals surface area contributed by atoms with E-state index < -0.39 is 6.23 Å². The number of fused-ring (bicyclic) bond motifs is 3. The first-order valence-electron chi connectivity index (χ1n) is 11.7. The van der Waals surface area contributed by atoms with E-state index in [4.69, 9.17) is 25.8 Å². The summed E-state index contributed by atoms with van der Waals surface area (Å²) >= 11 is 8.24. The molecule has 9 heteroatoms. The molecule has 2 heterocycles. The van der Waals surface area contributed by atoms with E-state index in [0.717, 1.165) is 28.1 Å². The minimum atomic E-state index is -0.594. The van der Waals surface area contributed by atoms with Crippen LogP contribution in [0.15, 0.2) is 71.9 Å².